The van der Waals surface area contributed by atoms with Crippen LogP contribution in [0.1, 0.15) is 38.2 Å². The maximum Gasteiger partial charge on any atom is 0.269 e. The summed E-state index contributed by atoms with van der Waals surface area (Å²) in [5.74, 6) is 0.583. The summed E-state index contributed by atoms with van der Waals surface area (Å²) in [6.07, 6.45) is 5.62. The number of benzene rings is 1. The molecule has 0 heterocycles. The largest absolute Gasteiger partial charge is 0.356 e. The minimum atomic E-state index is -3.22. The molecule has 1 aromatic carbocycles. The molecule has 0 unspecified atom stereocenters. The van der Waals surface area contributed by atoms with E-state index in [0.29, 0.717) is 19.0 Å². The molecular weight excluding hydrogens is 497 g/mol. The molecule has 3 N–H and O–H groups in total. The van der Waals surface area contributed by atoms with Crippen molar-refractivity contribution in [1.29, 1.82) is 0 Å². The van der Waals surface area contributed by atoms with Gasteiger partial charge >= 0.3 is 0 Å². The molecule has 0 aliphatic heterocycles. The van der Waals surface area contributed by atoms with Crippen LogP contribution in [-0.4, -0.2) is 45.2 Å². The van der Waals surface area contributed by atoms with Crippen LogP contribution >= 0.6 is 24.0 Å². The number of sulfonamides is 1. The van der Waals surface area contributed by atoms with Gasteiger partial charge in [-0.1, -0.05) is 38.3 Å². The normalized spacial score (nSPS) is 11.6. The smallest absolute Gasteiger partial charge is 0.269 e. The molecule has 0 amide bonds. The average molecular weight is 527 g/mol. The molecular formula is C17H30IN5O4S. The van der Waals surface area contributed by atoms with Crippen molar-refractivity contribution in [1.82, 2.24) is 15.4 Å². The Morgan fingerprint density at radius 1 is 1.07 bits per heavy atom. The molecule has 0 aromatic heterocycles. The van der Waals surface area contributed by atoms with Crippen molar-refractivity contribution in [3.05, 3.63) is 39.9 Å². The zero-order valence-corrected chi connectivity index (χ0v) is 19.5. The Balaban J connectivity index is 0.00000729. The summed E-state index contributed by atoms with van der Waals surface area (Å²) in [4.78, 5) is 14.7. The quantitative estimate of drug-likeness (QED) is 0.0958. The second kappa shape index (κ2) is 14.5. The SMILES string of the molecule is CCCCCCNC(=NCc1ccc([N+](=O)[O-])cc1)NCCNS(C)(=O)=O.I. The number of hydrogen-bond acceptors (Lipinski definition) is 5. The van der Waals surface area contributed by atoms with Crippen LogP contribution in [0.5, 0.6) is 0 Å². The van der Waals surface area contributed by atoms with Gasteiger partial charge in [0.05, 0.1) is 17.7 Å². The van der Waals surface area contributed by atoms with Crippen LogP contribution in [0.25, 0.3) is 0 Å². The van der Waals surface area contributed by atoms with E-state index < -0.39 is 14.9 Å². The van der Waals surface area contributed by atoms with Gasteiger partial charge in [-0.15, -0.1) is 24.0 Å². The lowest BCUT2D eigenvalue weighted by atomic mass is 10.2. The minimum Gasteiger partial charge on any atom is -0.356 e. The number of hydrogen-bond donors (Lipinski definition) is 3. The Morgan fingerprint density at radius 3 is 2.29 bits per heavy atom. The summed E-state index contributed by atoms with van der Waals surface area (Å²) in [7, 11) is -3.22. The summed E-state index contributed by atoms with van der Waals surface area (Å²) in [5.41, 5.74) is 0.893. The molecule has 28 heavy (non-hydrogen) atoms. The fourth-order valence-electron chi connectivity index (χ4n) is 2.24. The number of nitrogens with one attached hydrogen (secondary N) is 3. The van der Waals surface area contributed by atoms with E-state index in [9.17, 15) is 18.5 Å². The second-order valence-electron chi connectivity index (χ2n) is 6.17. The van der Waals surface area contributed by atoms with Crippen molar-refractivity contribution in [3.63, 3.8) is 0 Å². The Labute approximate surface area is 184 Å². The molecule has 0 saturated heterocycles. The molecule has 1 aromatic rings. The molecule has 0 atom stereocenters. The highest BCUT2D eigenvalue weighted by atomic mass is 127. The Bertz CT molecular complexity index is 711. The van der Waals surface area contributed by atoms with Gasteiger partial charge in [-0.05, 0) is 12.0 Å². The predicted molar refractivity (Wildman–Crippen MR) is 123 cm³/mol. The van der Waals surface area contributed by atoms with Gasteiger partial charge in [-0.25, -0.2) is 18.1 Å². The molecule has 0 spiro atoms. The fourth-order valence-corrected chi connectivity index (χ4v) is 2.72. The van der Waals surface area contributed by atoms with Gasteiger partial charge in [-0.2, -0.15) is 0 Å². The van der Waals surface area contributed by atoms with Gasteiger partial charge < -0.3 is 10.6 Å². The van der Waals surface area contributed by atoms with Crippen molar-refractivity contribution < 1.29 is 13.3 Å². The maximum absolute atomic E-state index is 11.1. The molecule has 0 aliphatic carbocycles. The van der Waals surface area contributed by atoms with Crippen LogP contribution in [0.2, 0.25) is 0 Å². The Kier molecular flexibility index (Phi) is 13.8. The van der Waals surface area contributed by atoms with E-state index >= 15 is 0 Å². The molecule has 0 saturated carbocycles. The lowest BCUT2D eigenvalue weighted by molar-refractivity contribution is -0.384. The van der Waals surface area contributed by atoms with Crippen molar-refractivity contribution in [2.24, 2.45) is 4.99 Å². The first-order valence-electron chi connectivity index (χ1n) is 9.02. The maximum atomic E-state index is 11.1. The van der Waals surface area contributed by atoms with Crippen molar-refractivity contribution >= 4 is 45.6 Å². The third-order valence-corrected chi connectivity index (χ3v) is 4.40. The van der Waals surface area contributed by atoms with E-state index in [2.05, 4.69) is 27.3 Å². The van der Waals surface area contributed by atoms with Crippen molar-refractivity contribution in [2.75, 3.05) is 25.9 Å². The van der Waals surface area contributed by atoms with E-state index in [1.807, 2.05) is 0 Å². The fraction of sp³-hybridized carbons (Fsp3) is 0.588. The van der Waals surface area contributed by atoms with Crippen LogP contribution in [0, 0.1) is 10.1 Å². The monoisotopic (exact) mass is 527 g/mol. The highest BCUT2D eigenvalue weighted by Crippen LogP contribution is 2.12. The average Bonchev–Trinajstić information content (AvgIpc) is 2.61. The number of nitro groups is 1. The molecule has 0 radical (unpaired) electrons. The van der Waals surface area contributed by atoms with Crippen LogP contribution in [0.3, 0.4) is 0 Å². The van der Waals surface area contributed by atoms with Crippen LogP contribution in [-0.2, 0) is 16.6 Å². The molecule has 9 nitrogen and oxygen atoms in total. The van der Waals surface area contributed by atoms with Crippen molar-refractivity contribution in [2.45, 2.75) is 39.2 Å². The molecule has 11 heteroatoms. The molecule has 160 valence electrons. The van der Waals surface area contributed by atoms with E-state index in [1.165, 1.54) is 18.6 Å². The number of guanidine groups is 1. The topological polar surface area (TPSA) is 126 Å². The number of nitro benzene ring substituents is 1. The summed E-state index contributed by atoms with van der Waals surface area (Å²) >= 11 is 0. The zero-order chi connectivity index (χ0) is 20.1. The summed E-state index contributed by atoms with van der Waals surface area (Å²) in [5, 5.41) is 17.0. The van der Waals surface area contributed by atoms with E-state index in [0.717, 1.165) is 37.6 Å². The summed E-state index contributed by atoms with van der Waals surface area (Å²) < 4.78 is 24.6. The van der Waals surface area contributed by atoms with Crippen LogP contribution in [0.15, 0.2) is 29.3 Å². The van der Waals surface area contributed by atoms with Gasteiger partial charge in [0.2, 0.25) is 10.0 Å². The minimum absolute atomic E-state index is 0. The molecule has 1 rings (SSSR count). The predicted octanol–water partition coefficient (Wildman–Crippen LogP) is 2.38. The van der Waals surface area contributed by atoms with Crippen LogP contribution < -0.4 is 15.4 Å². The number of aliphatic imine (C=N–C) groups is 1. The zero-order valence-electron chi connectivity index (χ0n) is 16.3. The van der Waals surface area contributed by atoms with E-state index in [4.69, 9.17) is 0 Å². The number of rotatable bonds is 12. The first kappa shape index (κ1) is 26.5. The third-order valence-electron chi connectivity index (χ3n) is 3.67. The number of halogens is 1. The Hall–Kier alpha value is -1.47. The van der Waals surface area contributed by atoms with Gasteiger partial charge in [-0.3, -0.25) is 10.1 Å². The second-order valence-corrected chi connectivity index (χ2v) is 8.00. The summed E-state index contributed by atoms with van der Waals surface area (Å²) in [6, 6.07) is 6.25. The number of nitrogens with zero attached hydrogens (tertiary/aromatic N) is 2. The first-order chi connectivity index (χ1) is 12.8. The lowest BCUT2D eigenvalue weighted by Gasteiger charge is -2.13. The molecule has 0 fully saturated rings. The Morgan fingerprint density at radius 2 is 1.71 bits per heavy atom. The number of unbranched alkanes of at least 4 members (excludes halogenated alkanes) is 3. The van der Waals surface area contributed by atoms with E-state index in [1.54, 1.807) is 12.1 Å². The van der Waals surface area contributed by atoms with Gasteiger partial charge in [0, 0.05) is 31.8 Å². The standard InChI is InChI=1S/C17H29N5O4S.HI/c1-3-4-5-6-11-18-17(19-12-13-21-27(2,25)26)20-14-15-7-9-16(10-8-15)22(23)24;/h7-10,21H,3-6,11-14H2,1-2H3,(H2,18,19,20);1H. The van der Waals surface area contributed by atoms with E-state index in [-0.39, 0.29) is 36.2 Å². The van der Waals surface area contributed by atoms with Gasteiger partial charge in [0.25, 0.3) is 5.69 Å². The number of non-ortho nitro benzene ring substituents is 1. The summed E-state index contributed by atoms with van der Waals surface area (Å²) in [6.45, 7) is 3.94. The lowest BCUT2D eigenvalue weighted by Crippen LogP contribution is -2.41. The van der Waals surface area contributed by atoms with Crippen LogP contribution in [0.4, 0.5) is 5.69 Å². The van der Waals surface area contributed by atoms with Crippen molar-refractivity contribution in [3.8, 4) is 0 Å². The third kappa shape index (κ3) is 12.8. The molecule has 0 aliphatic rings. The highest BCUT2D eigenvalue weighted by molar-refractivity contribution is 14.0. The highest BCUT2D eigenvalue weighted by Gasteiger charge is 2.05. The van der Waals surface area contributed by atoms with Gasteiger partial charge in [0.15, 0.2) is 5.96 Å². The first-order valence-corrected chi connectivity index (χ1v) is 10.9. The molecule has 0 bridgehead atoms. The van der Waals surface area contributed by atoms with Gasteiger partial charge in [0.1, 0.15) is 0 Å².